The number of carbonyl (C=O) groups is 5. The molecule has 0 aliphatic rings. The highest BCUT2D eigenvalue weighted by molar-refractivity contribution is 5.84. The average Bonchev–Trinajstić information content (AvgIpc) is 3.11. The second-order valence-corrected chi connectivity index (χ2v) is 13.5. The van der Waals surface area contributed by atoms with Crippen LogP contribution in [0.2, 0.25) is 0 Å². The lowest BCUT2D eigenvalue weighted by Gasteiger charge is -2.14. The number of hydrogen-bond acceptors (Lipinski definition) is 9. The highest BCUT2D eigenvalue weighted by Crippen LogP contribution is 2.14. The van der Waals surface area contributed by atoms with Crippen molar-refractivity contribution in [3.8, 4) is 0 Å². The van der Waals surface area contributed by atoms with Gasteiger partial charge in [0.1, 0.15) is 19.3 Å². The van der Waals surface area contributed by atoms with Crippen molar-refractivity contribution in [2.45, 2.75) is 155 Å². The maximum absolute atomic E-state index is 12.3. The molecule has 52 heavy (non-hydrogen) atoms. The highest BCUT2D eigenvalue weighted by atomic mass is 16.5. The fourth-order valence-electron chi connectivity index (χ4n) is 5.41. The van der Waals surface area contributed by atoms with Gasteiger partial charge in [0.2, 0.25) is 17.7 Å². The van der Waals surface area contributed by atoms with Gasteiger partial charge < -0.3 is 40.0 Å². The van der Waals surface area contributed by atoms with Crippen LogP contribution in [0.3, 0.4) is 0 Å². The fraction of sp³-hybridized carbons (Fsp3) is 0.872. The number of hydrogen-bond donors (Lipinski definition) is 4. The smallest absolute Gasteiger partial charge is 0.326 e. The SMILES string of the molecule is CCCCCCCCCCCCCCCCCCC(=O)N[C@H](CCC(=O)NCCCOCCOCCOCCCNC(=O)COCC(C)=O)C(=O)O. The van der Waals surface area contributed by atoms with Gasteiger partial charge in [-0.3, -0.25) is 19.2 Å². The molecule has 0 rings (SSSR count). The van der Waals surface area contributed by atoms with E-state index in [1.165, 1.54) is 90.4 Å². The third-order valence-electron chi connectivity index (χ3n) is 8.41. The molecule has 0 aliphatic carbocycles. The number of aliphatic carboxylic acids is 1. The third kappa shape index (κ3) is 37.2. The standard InChI is InChI=1S/C39H73N3O10/c1-3-4-5-6-7-8-9-10-11-12-13-14-15-16-17-18-21-37(45)42-35(39(47)48)22-23-36(44)40-24-19-26-49-28-30-51-31-29-50-27-20-25-41-38(46)33-52-32-34(2)43/h35H,3-33H2,1-2H3,(H,40,44)(H,41,46)(H,42,45)(H,47,48)/t35-/m1/s1. The number of ketones is 1. The lowest BCUT2D eigenvalue weighted by Crippen LogP contribution is -2.41. The summed E-state index contributed by atoms with van der Waals surface area (Å²) in [7, 11) is 0. The van der Waals surface area contributed by atoms with Gasteiger partial charge in [0.05, 0.1) is 26.4 Å². The van der Waals surface area contributed by atoms with Crippen LogP contribution in [-0.4, -0.2) is 107 Å². The summed E-state index contributed by atoms with van der Waals surface area (Å²) in [5, 5.41) is 17.5. The molecular formula is C39H73N3O10. The number of Topliss-reactive ketones (excluding diaryl/α,β-unsaturated/α-hetero) is 1. The molecule has 13 heteroatoms. The zero-order valence-electron chi connectivity index (χ0n) is 32.6. The van der Waals surface area contributed by atoms with Gasteiger partial charge in [0.15, 0.2) is 5.78 Å². The molecule has 0 radical (unpaired) electrons. The normalized spacial score (nSPS) is 11.7. The molecule has 13 nitrogen and oxygen atoms in total. The van der Waals surface area contributed by atoms with E-state index in [2.05, 4.69) is 22.9 Å². The Morgan fingerprint density at radius 2 is 0.942 bits per heavy atom. The summed E-state index contributed by atoms with van der Waals surface area (Å²) in [5.41, 5.74) is 0. The summed E-state index contributed by atoms with van der Waals surface area (Å²) in [6.07, 6.45) is 21.7. The van der Waals surface area contributed by atoms with Gasteiger partial charge in [0.25, 0.3) is 0 Å². The summed E-state index contributed by atoms with van der Waals surface area (Å²) in [6, 6.07) is -1.08. The average molecular weight is 744 g/mol. The monoisotopic (exact) mass is 744 g/mol. The Morgan fingerprint density at radius 1 is 0.500 bits per heavy atom. The van der Waals surface area contributed by atoms with Gasteiger partial charge in [-0.15, -0.1) is 0 Å². The number of amides is 3. The first-order valence-corrected chi connectivity index (χ1v) is 20.1. The van der Waals surface area contributed by atoms with Crippen LogP contribution in [0.5, 0.6) is 0 Å². The van der Waals surface area contributed by atoms with Crippen molar-refractivity contribution in [2.24, 2.45) is 0 Å². The number of unbranched alkanes of at least 4 members (excludes halogenated alkanes) is 15. The Morgan fingerprint density at radius 3 is 1.40 bits per heavy atom. The number of carboxylic acids is 1. The maximum Gasteiger partial charge on any atom is 0.326 e. The Balaban J connectivity index is 3.59. The van der Waals surface area contributed by atoms with Crippen molar-refractivity contribution >= 4 is 29.5 Å². The van der Waals surface area contributed by atoms with E-state index in [0.717, 1.165) is 19.3 Å². The predicted molar refractivity (Wildman–Crippen MR) is 202 cm³/mol. The van der Waals surface area contributed by atoms with Gasteiger partial charge in [-0.2, -0.15) is 0 Å². The molecule has 0 unspecified atom stereocenters. The van der Waals surface area contributed by atoms with E-state index >= 15 is 0 Å². The largest absolute Gasteiger partial charge is 0.480 e. The summed E-state index contributed by atoms with van der Waals surface area (Å²) in [4.78, 5) is 58.4. The van der Waals surface area contributed by atoms with Crippen LogP contribution >= 0.6 is 0 Å². The molecule has 0 aromatic heterocycles. The van der Waals surface area contributed by atoms with Gasteiger partial charge in [-0.05, 0) is 32.6 Å². The molecule has 0 aromatic carbocycles. The van der Waals surface area contributed by atoms with E-state index < -0.39 is 12.0 Å². The van der Waals surface area contributed by atoms with Crippen LogP contribution in [0, 0.1) is 0 Å². The molecule has 3 amide bonds. The second kappa shape index (κ2) is 38.1. The summed E-state index contributed by atoms with van der Waals surface area (Å²) >= 11 is 0. The fourth-order valence-corrected chi connectivity index (χ4v) is 5.41. The first-order chi connectivity index (χ1) is 25.3. The number of rotatable bonds is 40. The van der Waals surface area contributed by atoms with Crippen LogP contribution in [0.4, 0.5) is 0 Å². The van der Waals surface area contributed by atoms with Crippen molar-refractivity contribution in [3.63, 3.8) is 0 Å². The molecule has 0 heterocycles. The Bertz CT molecular complexity index is 906. The van der Waals surface area contributed by atoms with Crippen molar-refractivity contribution in [1.29, 1.82) is 0 Å². The van der Waals surface area contributed by atoms with E-state index in [1.807, 2.05) is 0 Å². The number of carbonyl (C=O) groups excluding carboxylic acids is 4. The summed E-state index contributed by atoms with van der Waals surface area (Å²) in [5.74, 6) is -2.07. The molecule has 0 fully saturated rings. The second-order valence-electron chi connectivity index (χ2n) is 13.5. The molecule has 4 N–H and O–H groups in total. The van der Waals surface area contributed by atoms with Crippen molar-refractivity contribution in [1.82, 2.24) is 16.0 Å². The predicted octanol–water partition coefficient (Wildman–Crippen LogP) is 5.66. The van der Waals surface area contributed by atoms with Crippen LogP contribution in [0.25, 0.3) is 0 Å². The molecule has 0 spiro atoms. The minimum Gasteiger partial charge on any atom is -0.480 e. The Labute approximate surface area is 313 Å². The van der Waals surface area contributed by atoms with Crippen molar-refractivity contribution < 1.29 is 48.0 Å². The molecule has 0 aliphatic heterocycles. The maximum atomic E-state index is 12.3. The van der Waals surface area contributed by atoms with Crippen molar-refractivity contribution in [2.75, 3.05) is 65.9 Å². The molecule has 0 saturated heterocycles. The molecule has 0 aromatic rings. The van der Waals surface area contributed by atoms with Crippen LogP contribution in [-0.2, 0) is 42.9 Å². The molecule has 0 saturated carbocycles. The van der Waals surface area contributed by atoms with Crippen LogP contribution in [0.1, 0.15) is 149 Å². The van der Waals surface area contributed by atoms with E-state index in [-0.39, 0.29) is 49.6 Å². The quantitative estimate of drug-likeness (QED) is 0.0573. The summed E-state index contributed by atoms with van der Waals surface area (Å²) < 4.78 is 21.3. The van der Waals surface area contributed by atoms with E-state index in [9.17, 15) is 29.1 Å². The number of carboxylic acid groups (broad SMARTS) is 1. The van der Waals surface area contributed by atoms with Gasteiger partial charge in [-0.1, -0.05) is 103 Å². The molecule has 304 valence electrons. The van der Waals surface area contributed by atoms with Gasteiger partial charge >= 0.3 is 5.97 Å². The first kappa shape index (κ1) is 49.4. The minimum atomic E-state index is -1.13. The highest BCUT2D eigenvalue weighted by Gasteiger charge is 2.20. The van der Waals surface area contributed by atoms with E-state index in [4.69, 9.17) is 18.9 Å². The third-order valence-corrected chi connectivity index (χ3v) is 8.41. The van der Waals surface area contributed by atoms with Crippen LogP contribution < -0.4 is 16.0 Å². The zero-order chi connectivity index (χ0) is 38.3. The van der Waals surface area contributed by atoms with E-state index in [0.29, 0.717) is 72.0 Å². The Kier molecular flexibility index (Phi) is 36.2. The molecule has 1 atom stereocenters. The topological polar surface area (TPSA) is 179 Å². The molecule has 0 bridgehead atoms. The lowest BCUT2D eigenvalue weighted by molar-refractivity contribution is -0.142. The van der Waals surface area contributed by atoms with Gasteiger partial charge in [0, 0.05) is 39.1 Å². The zero-order valence-corrected chi connectivity index (χ0v) is 32.6. The Hall–Kier alpha value is -2.61. The van der Waals surface area contributed by atoms with Gasteiger partial charge in [-0.25, -0.2) is 4.79 Å². The van der Waals surface area contributed by atoms with Crippen LogP contribution in [0.15, 0.2) is 0 Å². The molecular weight excluding hydrogens is 670 g/mol. The van der Waals surface area contributed by atoms with Crippen molar-refractivity contribution in [3.05, 3.63) is 0 Å². The summed E-state index contributed by atoms with van der Waals surface area (Å²) in [6.45, 7) is 6.89. The number of ether oxygens (including phenoxy) is 4. The van der Waals surface area contributed by atoms with E-state index in [1.54, 1.807) is 0 Å². The lowest BCUT2D eigenvalue weighted by atomic mass is 10.0. The first-order valence-electron chi connectivity index (χ1n) is 20.1. The minimum absolute atomic E-state index is 0.0128. The number of nitrogens with one attached hydrogen (secondary N) is 3.